The van der Waals surface area contributed by atoms with Crippen LogP contribution in [0.5, 0.6) is 5.75 Å². The summed E-state index contributed by atoms with van der Waals surface area (Å²) in [5.74, 6) is 0.410. The number of carbonyl (C=O) groups excluding carboxylic acids is 1. The molecule has 1 aromatic rings. The average Bonchev–Trinajstić information content (AvgIpc) is 3.23. The molecule has 0 bridgehead atoms. The quantitative estimate of drug-likeness (QED) is 0.773. The maximum atomic E-state index is 12.0. The van der Waals surface area contributed by atoms with Gasteiger partial charge in [-0.2, -0.15) is 0 Å². The largest absolute Gasteiger partial charge is 0.573 e. The molecule has 0 aromatic heterocycles. The molecule has 122 valence electrons. The molecule has 2 rings (SSSR count). The number of nitrogens with one attached hydrogen (secondary N) is 2. The monoisotopic (exact) mass is 316 g/mol. The maximum Gasteiger partial charge on any atom is 0.573 e. The van der Waals surface area contributed by atoms with E-state index in [0.717, 1.165) is 18.0 Å². The lowest BCUT2D eigenvalue weighted by molar-refractivity contribution is -0.274. The minimum atomic E-state index is -4.68. The van der Waals surface area contributed by atoms with Crippen LogP contribution in [0.2, 0.25) is 0 Å². The van der Waals surface area contributed by atoms with Gasteiger partial charge < -0.3 is 15.4 Å². The highest BCUT2D eigenvalue weighted by atomic mass is 19.4. The molecule has 1 aliphatic carbocycles. The van der Waals surface area contributed by atoms with E-state index >= 15 is 0 Å². The van der Waals surface area contributed by atoms with Gasteiger partial charge in [0.1, 0.15) is 5.75 Å². The zero-order chi connectivity index (χ0) is 16.0. The van der Waals surface area contributed by atoms with E-state index in [1.807, 2.05) is 0 Å². The van der Waals surface area contributed by atoms with Gasteiger partial charge in [0.25, 0.3) is 0 Å². The number of benzene rings is 1. The fourth-order valence-corrected chi connectivity index (χ4v) is 1.98. The van der Waals surface area contributed by atoms with Gasteiger partial charge in [0.2, 0.25) is 5.91 Å². The van der Waals surface area contributed by atoms with Crippen LogP contribution < -0.4 is 15.4 Å². The number of hydrogen-bond acceptors (Lipinski definition) is 3. The molecule has 1 amide bonds. The highest BCUT2D eigenvalue weighted by molar-refractivity contribution is 5.77. The Morgan fingerprint density at radius 3 is 2.50 bits per heavy atom. The second kappa shape index (κ2) is 7.49. The Morgan fingerprint density at radius 2 is 1.91 bits per heavy atom. The van der Waals surface area contributed by atoms with E-state index < -0.39 is 6.36 Å². The summed E-state index contributed by atoms with van der Waals surface area (Å²) in [6.45, 7) is 1.63. The molecule has 0 heterocycles. The zero-order valence-electron chi connectivity index (χ0n) is 12.1. The molecule has 2 N–H and O–H groups in total. The van der Waals surface area contributed by atoms with Gasteiger partial charge in [-0.15, -0.1) is 13.2 Å². The maximum absolute atomic E-state index is 12.0. The predicted octanol–water partition coefficient (Wildman–Crippen LogP) is 2.24. The van der Waals surface area contributed by atoms with E-state index in [9.17, 15) is 18.0 Å². The van der Waals surface area contributed by atoms with Crippen LogP contribution in [-0.2, 0) is 11.2 Å². The van der Waals surface area contributed by atoms with Crippen molar-refractivity contribution in [3.63, 3.8) is 0 Å². The fourth-order valence-electron chi connectivity index (χ4n) is 1.98. The van der Waals surface area contributed by atoms with Gasteiger partial charge >= 0.3 is 6.36 Å². The van der Waals surface area contributed by atoms with Crippen LogP contribution in [0.3, 0.4) is 0 Å². The molecule has 0 saturated heterocycles. The first-order valence-corrected chi connectivity index (χ1v) is 7.24. The van der Waals surface area contributed by atoms with Crippen LogP contribution >= 0.6 is 0 Å². The lowest BCUT2D eigenvalue weighted by Crippen LogP contribution is -2.35. The first-order chi connectivity index (χ1) is 10.4. The van der Waals surface area contributed by atoms with Crippen LogP contribution in [0.15, 0.2) is 24.3 Å². The number of ether oxygens (including phenoxy) is 1. The molecule has 0 atom stereocenters. The number of alkyl halides is 3. The van der Waals surface area contributed by atoms with E-state index in [2.05, 4.69) is 15.4 Å². The van der Waals surface area contributed by atoms with Crippen molar-refractivity contribution in [1.82, 2.24) is 10.6 Å². The summed E-state index contributed by atoms with van der Waals surface area (Å²) in [6.07, 6.45) is -1.64. The van der Waals surface area contributed by atoms with Gasteiger partial charge in [-0.1, -0.05) is 12.1 Å². The summed E-state index contributed by atoms with van der Waals surface area (Å²) >= 11 is 0. The highest BCUT2D eigenvalue weighted by Crippen LogP contribution is 2.27. The Labute approximate surface area is 127 Å². The molecular weight excluding hydrogens is 297 g/mol. The van der Waals surface area contributed by atoms with Crippen LogP contribution in [0, 0.1) is 5.92 Å². The van der Waals surface area contributed by atoms with Gasteiger partial charge in [-0.05, 0) is 49.4 Å². The Morgan fingerprint density at radius 1 is 1.23 bits per heavy atom. The SMILES string of the molecule is O=C(CNCC1CC1)NCCc1ccc(OC(F)(F)F)cc1. The minimum absolute atomic E-state index is 0.0716. The minimum Gasteiger partial charge on any atom is -0.406 e. The number of carbonyl (C=O) groups is 1. The summed E-state index contributed by atoms with van der Waals surface area (Å²) in [6, 6.07) is 5.64. The van der Waals surface area contributed by atoms with Crippen molar-refractivity contribution in [2.24, 2.45) is 5.92 Å². The van der Waals surface area contributed by atoms with Crippen molar-refractivity contribution >= 4 is 5.91 Å². The molecule has 0 unspecified atom stereocenters. The summed E-state index contributed by atoms with van der Waals surface area (Å²) in [4.78, 5) is 11.5. The van der Waals surface area contributed by atoms with Crippen molar-refractivity contribution in [3.05, 3.63) is 29.8 Å². The lowest BCUT2D eigenvalue weighted by atomic mass is 10.1. The molecule has 1 fully saturated rings. The summed E-state index contributed by atoms with van der Waals surface area (Å²) in [5, 5.41) is 5.86. The molecule has 0 aliphatic heterocycles. The first-order valence-electron chi connectivity index (χ1n) is 7.24. The second-order valence-electron chi connectivity index (χ2n) is 5.37. The van der Waals surface area contributed by atoms with Crippen molar-refractivity contribution < 1.29 is 22.7 Å². The summed E-state index contributed by atoms with van der Waals surface area (Å²) in [7, 11) is 0. The fraction of sp³-hybridized carbons (Fsp3) is 0.533. The standard InChI is InChI=1S/C15H19F3N2O2/c16-15(17,18)22-13-5-3-11(4-6-13)7-8-20-14(21)10-19-9-12-1-2-12/h3-6,12,19H,1-2,7-10H2,(H,20,21). The third kappa shape index (κ3) is 6.80. The van der Waals surface area contributed by atoms with Crippen molar-refractivity contribution in [2.75, 3.05) is 19.6 Å². The molecule has 0 spiro atoms. The van der Waals surface area contributed by atoms with Crippen LogP contribution in [0.25, 0.3) is 0 Å². The molecule has 1 aliphatic rings. The molecule has 7 heteroatoms. The molecular formula is C15H19F3N2O2. The Bertz CT molecular complexity index is 485. The van der Waals surface area contributed by atoms with Gasteiger partial charge in [0.15, 0.2) is 0 Å². The van der Waals surface area contributed by atoms with Crippen LogP contribution in [-0.4, -0.2) is 31.9 Å². The second-order valence-corrected chi connectivity index (χ2v) is 5.37. The van der Waals surface area contributed by atoms with Crippen LogP contribution in [0.4, 0.5) is 13.2 Å². The molecule has 0 radical (unpaired) electrons. The van der Waals surface area contributed by atoms with Gasteiger partial charge in [0.05, 0.1) is 6.54 Å². The van der Waals surface area contributed by atoms with Gasteiger partial charge in [0, 0.05) is 6.54 Å². The third-order valence-corrected chi connectivity index (χ3v) is 3.31. The van der Waals surface area contributed by atoms with Gasteiger partial charge in [-0.25, -0.2) is 0 Å². The number of rotatable bonds is 8. The predicted molar refractivity (Wildman–Crippen MR) is 75.4 cm³/mol. The molecule has 22 heavy (non-hydrogen) atoms. The van der Waals surface area contributed by atoms with Crippen molar-refractivity contribution in [3.8, 4) is 5.75 Å². The summed E-state index contributed by atoms with van der Waals surface area (Å²) in [5.41, 5.74) is 0.834. The molecule has 4 nitrogen and oxygen atoms in total. The average molecular weight is 316 g/mol. The smallest absolute Gasteiger partial charge is 0.406 e. The summed E-state index contributed by atoms with van der Waals surface area (Å²) < 4.78 is 39.8. The molecule has 1 saturated carbocycles. The topological polar surface area (TPSA) is 50.4 Å². The van der Waals surface area contributed by atoms with E-state index in [1.54, 1.807) is 12.1 Å². The van der Waals surface area contributed by atoms with Crippen molar-refractivity contribution in [1.29, 1.82) is 0 Å². The van der Waals surface area contributed by atoms with Crippen LogP contribution in [0.1, 0.15) is 18.4 Å². The Balaban J connectivity index is 1.62. The zero-order valence-corrected chi connectivity index (χ0v) is 12.1. The first kappa shape index (κ1) is 16.6. The Hall–Kier alpha value is -1.76. The number of hydrogen-bond donors (Lipinski definition) is 2. The number of amides is 1. The van der Waals surface area contributed by atoms with Gasteiger partial charge in [-0.3, -0.25) is 4.79 Å². The highest BCUT2D eigenvalue weighted by Gasteiger charge is 2.30. The van der Waals surface area contributed by atoms with E-state index in [-0.39, 0.29) is 11.7 Å². The Kier molecular flexibility index (Phi) is 5.65. The van der Waals surface area contributed by atoms with E-state index in [1.165, 1.54) is 25.0 Å². The molecule has 1 aromatic carbocycles. The number of halogens is 3. The van der Waals surface area contributed by atoms with Crippen molar-refractivity contribution in [2.45, 2.75) is 25.6 Å². The lowest BCUT2D eigenvalue weighted by Gasteiger charge is -2.09. The third-order valence-electron chi connectivity index (χ3n) is 3.31. The van der Waals surface area contributed by atoms with E-state index in [0.29, 0.717) is 19.5 Å². The van der Waals surface area contributed by atoms with E-state index in [4.69, 9.17) is 0 Å². The normalized spacial score (nSPS) is 14.7.